The maximum atomic E-state index is 8.82. The van der Waals surface area contributed by atoms with E-state index in [1.807, 2.05) is 7.05 Å². The van der Waals surface area contributed by atoms with Crippen LogP contribution in [0.2, 0.25) is 0 Å². The molecule has 1 aliphatic heterocycles. The first-order chi connectivity index (χ1) is 6.77. The zero-order valence-electron chi connectivity index (χ0n) is 9.50. The molecule has 0 spiro atoms. The van der Waals surface area contributed by atoms with Crippen molar-refractivity contribution in [2.75, 3.05) is 33.8 Å². The lowest BCUT2D eigenvalue weighted by atomic mass is 9.87. The second-order valence-corrected chi connectivity index (χ2v) is 4.40. The Bertz CT molecular complexity index is 141. The number of aliphatic hydroxyl groups is 1. The van der Waals surface area contributed by atoms with Crippen LogP contribution in [0.5, 0.6) is 0 Å². The van der Waals surface area contributed by atoms with E-state index in [1.165, 1.54) is 25.9 Å². The molecule has 0 bridgehead atoms. The Kier molecular flexibility index (Phi) is 5.45. The Morgan fingerprint density at radius 3 is 2.57 bits per heavy atom. The van der Waals surface area contributed by atoms with Crippen LogP contribution in [-0.2, 0) is 0 Å². The van der Waals surface area contributed by atoms with Gasteiger partial charge in [0.2, 0.25) is 0 Å². The molecular weight excluding hydrogens is 176 g/mol. The fourth-order valence-corrected chi connectivity index (χ4v) is 2.36. The van der Waals surface area contributed by atoms with Crippen LogP contribution < -0.4 is 5.32 Å². The topological polar surface area (TPSA) is 35.5 Å². The smallest absolute Gasteiger partial charge is 0.0431 e. The van der Waals surface area contributed by atoms with E-state index in [1.54, 1.807) is 0 Å². The van der Waals surface area contributed by atoms with Crippen molar-refractivity contribution in [2.45, 2.75) is 31.7 Å². The third-order valence-electron chi connectivity index (χ3n) is 3.38. The molecule has 0 amide bonds. The van der Waals surface area contributed by atoms with Gasteiger partial charge in [0, 0.05) is 12.6 Å². The van der Waals surface area contributed by atoms with Crippen molar-refractivity contribution in [3.8, 4) is 0 Å². The lowest BCUT2D eigenvalue weighted by Crippen LogP contribution is -2.41. The minimum Gasteiger partial charge on any atom is -0.396 e. The van der Waals surface area contributed by atoms with Gasteiger partial charge in [-0.15, -0.1) is 0 Å². The Morgan fingerprint density at radius 1 is 1.43 bits per heavy atom. The van der Waals surface area contributed by atoms with Gasteiger partial charge < -0.3 is 15.3 Å². The summed E-state index contributed by atoms with van der Waals surface area (Å²) >= 11 is 0. The average Bonchev–Trinajstić information content (AvgIpc) is 2.21. The molecule has 0 saturated carbocycles. The molecule has 3 heteroatoms. The van der Waals surface area contributed by atoms with Gasteiger partial charge in [-0.2, -0.15) is 0 Å². The molecule has 14 heavy (non-hydrogen) atoms. The molecule has 1 unspecified atom stereocenters. The molecule has 0 aromatic heterocycles. The van der Waals surface area contributed by atoms with Crippen LogP contribution in [0.15, 0.2) is 0 Å². The van der Waals surface area contributed by atoms with Gasteiger partial charge in [-0.05, 0) is 58.8 Å². The number of rotatable bonds is 5. The zero-order valence-corrected chi connectivity index (χ0v) is 9.50. The third kappa shape index (κ3) is 3.56. The highest BCUT2D eigenvalue weighted by Gasteiger charge is 2.23. The first-order valence-corrected chi connectivity index (χ1v) is 5.74. The minimum atomic E-state index is 0.324. The van der Waals surface area contributed by atoms with Crippen molar-refractivity contribution in [3.05, 3.63) is 0 Å². The summed E-state index contributed by atoms with van der Waals surface area (Å²) in [6, 6.07) is 0.607. The van der Waals surface area contributed by atoms with E-state index in [2.05, 4.69) is 17.3 Å². The number of piperidine rings is 1. The molecule has 2 N–H and O–H groups in total. The first-order valence-electron chi connectivity index (χ1n) is 5.74. The summed E-state index contributed by atoms with van der Waals surface area (Å²) in [6.45, 7) is 2.77. The van der Waals surface area contributed by atoms with Gasteiger partial charge in [0.25, 0.3) is 0 Å². The molecule has 3 nitrogen and oxygen atoms in total. The summed E-state index contributed by atoms with van der Waals surface area (Å²) in [5.74, 6) is 0.808. The molecule has 1 rings (SSSR count). The molecule has 0 aliphatic carbocycles. The Balaban J connectivity index is 2.29. The molecule has 0 aromatic carbocycles. The van der Waals surface area contributed by atoms with E-state index in [9.17, 15) is 0 Å². The van der Waals surface area contributed by atoms with Crippen LogP contribution >= 0.6 is 0 Å². The van der Waals surface area contributed by atoms with Gasteiger partial charge in [-0.1, -0.05) is 0 Å². The van der Waals surface area contributed by atoms with Crippen molar-refractivity contribution in [1.29, 1.82) is 0 Å². The van der Waals surface area contributed by atoms with Crippen molar-refractivity contribution < 1.29 is 5.11 Å². The largest absolute Gasteiger partial charge is 0.396 e. The molecular formula is C11H24N2O. The van der Waals surface area contributed by atoms with Crippen molar-refractivity contribution >= 4 is 0 Å². The van der Waals surface area contributed by atoms with E-state index >= 15 is 0 Å². The SMILES string of the molecule is CNC(CCCO)C1CCN(C)CC1. The highest BCUT2D eigenvalue weighted by molar-refractivity contribution is 4.80. The van der Waals surface area contributed by atoms with E-state index in [0.29, 0.717) is 12.6 Å². The quantitative estimate of drug-likeness (QED) is 0.685. The number of aliphatic hydroxyl groups excluding tert-OH is 1. The second-order valence-electron chi connectivity index (χ2n) is 4.40. The molecule has 1 aliphatic rings. The maximum absolute atomic E-state index is 8.82. The number of hydrogen-bond donors (Lipinski definition) is 2. The fraction of sp³-hybridized carbons (Fsp3) is 1.00. The summed E-state index contributed by atoms with van der Waals surface area (Å²) in [4.78, 5) is 2.40. The summed E-state index contributed by atoms with van der Waals surface area (Å²) < 4.78 is 0. The van der Waals surface area contributed by atoms with Crippen LogP contribution in [0.25, 0.3) is 0 Å². The Morgan fingerprint density at radius 2 is 2.07 bits per heavy atom. The van der Waals surface area contributed by atoms with E-state index < -0.39 is 0 Å². The molecule has 0 radical (unpaired) electrons. The average molecular weight is 200 g/mol. The molecule has 1 heterocycles. The highest BCUT2D eigenvalue weighted by atomic mass is 16.2. The zero-order chi connectivity index (χ0) is 10.4. The van der Waals surface area contributed by atoms with Gasteiger partial charge in [-0.3, -0.25) is 0 Å². The van der Waals surface area contributed by atoms with Crippen LogP contribution in [0.1, 0.15) is 25.7 Å². The number of nitrogens with one attached hydrogen (secondary N) is 1. The number of likely N-dealkylation sites (tertiary alicyclic amines) is 1. The normalized spacial score (nSPS) is 22.5. The molecule has 1 saturated heterocycles. The van der Waals surface area contributed by atoms with Crippen LogP contribution in [0.4, 0.5) is 0 Å². The van der Waals surface area contributed by atoms with Crippen molar-refractivity contribution in [2.24, 2.45) is 5.92 Å². The molecule has 84 valence electrons. The molecule has 1 fully saturated rings. The van der Waals surface area contributed by atoms with Crippen molar-refractivity contribution in [1.82, 2.24) is 10.2 Å². The molecule has 0 aromatic rings. The monoisotopic (exact) mass is 200 g/mol. The predicted octanol–water partition coefficient (Wildman–Crippen LogP) is 0.689. The van der Waals surface area contributed by atoms with Crippen LogP contribution in [0, 0.1) is 5.92 Å². The predicted molar refractivity (Wildman–Crippen MR) is 59.4 cm³/mol. The second kappa shape index (κ2) is 6.38. The Labute approximate surface area is 87.5 Å². The third-order valence-corrected chi connectivity index (χ3v) is 3.38. The summed E-state index contributed by atoms with van der Waals surface area (Å²) in [5.41, 5.74) is 0. The summed E-state index contributed by atoms with van der Waals surface area (Å²) in [5, 5.41) is 12.2. The summed E-state index contributed by atoms with van der Waals surface area (Å²) in [7, 11) is 4.23. The number of hydrogen-bond acceptors (Lipinski definition) is 3. The highest BCUT2D eigenvalue weighted by Crippen LogP contribution is 2.22. The van der Waals surface area contributed by atoms with E-state index in [4.69, 9.17) is 5.11 Å². The standard InChI is InChI=1S/C11H24N2O/c1-12-11(4-3-9-14)10-5-7-13(2)8-6-10/h10-12,14H,3-9H2,1-2H3. The maximum Gasteiger partial charge on any atom is 0.0431 e. The van der Waals surface area contributed by atoms with Gasteiger partial charge in [0.15, 0.2) is 0 Å². The minimum absolute atomic E-state index is 0.324. The van der Waals surface area contributed by atoms with Gasteiger partial charge in [0.1, 0.15) is 0 Å². The lowest BCUT2D eigenvalue weighted by molar-refractivity contribution is 0.176. The first kappa shape index (κ1) is 12.0. The van der Waals surface area contributed by atoms with Crippen molar-refractivity contribution in [3.63, 3.8) is 0 Å². The van der Waals surface area contributed by atoms with Gasteiger partial charge >= 0.3 is 0 Å². The summed E-state index contributed by atoms with van der Waals surface area (Å²) in [6.07, 6.45) is 4.64. The Hall–Kier alpha value is -0.120. The van der Waals surface area contributed by atoms with E-state index in [0.717, 1.165) is 18.8 Å². The number of nitrogens with zero attached hydrogens (tertiary/aromatic N) is 1. The molecule has 1 atom stereocenters. The fourth-order valence-electron chi connectivity index (χ4n) is 2.36. The van der Waals surface area contributed by atoms with Gasteiger partial charge in [0.05, 0.1) is 0 Å². The van der Waals surface area contributed by atoms with Crippen LogP contribution in [-0.4, -0.2) is 49.8 Å². The van der Waals surface area contributed by atoms with Crippen LogP contribution in [0.3, 0.4) is 0 Å². The van der Waals surface area contributed by atoms with E-state index in [-0.39, 0.29) is 0 Å². The lowest BCUT2D eigenvalue weighted by Gasteiger charge is -2.34. The van der Waals surface area contributed by atoms with Gasteiger partial charge in [-0.25, -0.2) is 0 Å².